The SMILES string of the molecule is CC(C)C(C)CCNC=O. The van der Waals surface area contributed by atoms with E-state index in [-0.39, 0.29) is 0 Å². The summed E-state index contributed by atoms with van der Waals surface area (Å²) in [6, 6.07) is 0. The van der Waals surface area contributed by atoms with Crippen molar-refractivity contribution < 1.29 is 4.79 Å². The van der Waals surface area contributed by atoms with Crippen molar-refractivity contribution in [3.63, 3.8) is 0 Å². The standard InChI is InChI=1S/C8H17NO/c1-7(2)8(3)4-5-9-6-10/h6-8H,4-5H2,1-3H3,(H,9,10). The number of nitrogens with one attached hydrogen (secondary N) is 1. The third-order valence-corrected chi connectivity index (χ3v) is 1.97. The van der Waals surface area contributed by atoms with E-state index in [2.05, 4.69) is 26.1 Å². The number of amides is 1. The quantitative estimate of drug-likeness (QED) is 0.457. The van der Waals surface area contributed by atoms with E-state index < -0.39 is 0 Å². The molecule has 0 aliphatic heterocycles. The van der Waals surface area contributed by atoms with Crippen LogP contribution in [-0.4, -0.2) is 13.0 Å². The molecule has 2 nitrogen and oxygen atoms in total. The average molecular weight is 143 g/mol. The Morgan fingerprint density at radius 2 is 2.00 bits per heavy atom. The van der Waals surface area contributed by atoms with E-state index in [1.54, 1.807) is 0 Å². The highest BCUT2D eigenvalue weighted by Crippen LogP contribution is 2.12. The first-order valence-electron chi connectivity index (χ1n) is 3.85. The first kappa shape index (κ1) is 9.47. The largest absolute Gasteiger partial charge is 0.359 e. The van der Waals surface area contributed by atoms with Crippen LogP contribution in [0.2, 0.25) is 0 Å². The fourth-order valence-electron chi connectivity index (χ4n) is 0.703. The van der Waals surface area contributed by atoms with Crippen LogP contribution < -0.4 is 5.32 Å². The molecule has 0 aliphatic carbocycles. The maximum absolute atomic E-state index is 9.85. The number of hydrogen-bond acceptors (Lipinski definition) is 1. The Labute approximate surface area is 63.0 Å². The minimum absolute atomic E-state index is 0.701. The van der Waals surface area contributed by atoms with Gasteiger partial charge in [-0.05, 0) is 18.3 Å². The molecule has 0 radical (unpaired) electrons. The van der Waals surface area contributed by atoms with Gasteiger partial charge in [0.1, 0.15) is 0 Å². The number of carbonyl (C=O) groups excluding carboxylic acids is 1. The zero-order valence-corrected chi connectivity index (χ0v) is 7.05. The van der Waals surface area contributed by atoms with Crippen molar-refractivity contribution >= 4 is 6.41 Å². The molecule has 0 heterocycles. The van der Waals surface area contributed by atoms with Gasteiger partial charge in [0.25, 0.3) is 0 Å². The summed E-state index contributed by atoms with van der Waals surface area (Å²) in [4.78, 5) is 9.85. The summed E-state index contributed by atoms with van der Waals surface area (Å²) in [5, 5.41) is 2.65. The second-order valence-corrected chi connectivity index (χ2v) is 3.08. The van der Waals surface area contributed by atoms with Gasteiger partial charge in [-0.25, -0.2) is 0 Å². The minimum atomic E-state index is 0.701. The van der Waals surface area contributed by atoms with Crippen LogP contribution in [0.4, 0.5) is 0 Å². The first-order chi connectivity index (χ1) is 4.68. The van der Waals surface area contributed by atoms with Gasteiger partial charge in [-0.15, -0.1) is 0 Å². The van der Waals surface area contributed by atoms with Crippen LogP contribution >= 0.6 is 0 Å². The Bertz CT molecular complexity index is 91.3. The van der Waals surface area contributed by atoms with Crippen LogP contribution in [0.15, 0.2) is 0 Å². The first-order valence-corrected chi connectivity index (χ1v) is 3.85. The van der Waals surface area contributed by atoms with Crippen molar-refractivity contribution in [3.05, 3.63) is 0 Å². The summed E-state index contributed by atoms with van der Waals surface area (Å²) in [6.07, 6.45) is 1.84. The highest BCUT2D eigenvalue weighted by atomic mass is 16.1. The summed E-state index contributed by atoms with van der Waals surface area (Å²) >= 11 is 0. The van der Waals surface area contributed by atoms with Crippen molar-refractivity contribution in [1.82, 2.24) is 5.32 Å². The molecule has 0 aromatic rings. The van der Waals surface area contributed by atoms with Crippen molar-refractivity contribution in [2.24, 2.45) is 11.8 Å². The highest BCUT2D eigenvalue weighted by Gasteiger charge is 2.04. The molecule has 0 aromatic heterocycles. The Morgan fingerprint density at radius 3 is 2.40 bits per heavy atom. The summed E-state index contributed by atoms with van der Waals surface area (Å²) in [5.41, 5.74) is 0. The Balaban J connectivity index is 3.21. The van der Waals surface area contributed by atoms with Gasteiger partial charge in [-0.1, -0.05) is 20.8 Å². The molecule has 0 aromatic carbocycles. The zero-order valence-electron chi connectivity index (χ0n) is 7.05. The fraction of sp³-hybridized carbons (Fsp3) is 0.875. The molecule has 0 spiro atoms. The van der Waals surface area contributed by atoms with Crippen molar-refractivity contribution in [3.8, 4) is 0 Å². The molecule has 2 heteroatoms. The lowest BCUT2D eigenvalue weighted by molar-refractivity contribution is -0.109. The van der Waals surface area contributed by atoms with E-state index >= 15 is 0 Å². The molecule has 0 saturated carbocycles. The molecule has 0 fully saturated rings. The highest BCUT2D eigenvalue weighted by molar-refractivity contribution is 5.45. The molecule has 10 heavy (non-hydrogen) atoms. The van der Waals surface area contributed by atoms with Crippen molar-refractivity contribution in [1.29, 1.82) is 0 Å². The number of carbonyl (C=O) groups is 1. The Morgan fingerprint density at radius 1 is 1.40 bits per heavy atom. The summed E-state index contributed by atoms with van der Waals surface area (Å²) in [7, 11) is 0. The third kappa shape index (κ3) is 4.36. The van der Waals surface area contributed by atoms with Gasteiger partial charge in [-0.3, -0.25) is 4.79 Å². The molecule has 0 bridgehead atoms. The summed E-state index contributed by atoms with van der Waals surface area (Å²) in [6.45, 7) is 7.41. The molecule has 60 valence electrons. The Kier molecular flexibility index (Phi) is 4.99. The Hall–Kier alpha value is -0.530. The van der Waals surface area contributed by atoms with Crippen molar-refractivity contribution in [2.45, 2.75) is 27.2 Å². The van der Waals surface area contributed by atoms with Gasteiger partial charge in [0.05, 0.1) is 0 Å². The summed E-state index contributed by atoms with van der Waals surface area (Å²) in [5.74, 6) is 1.42. The van der Waals surface area contributed by atoms with E-state index in [9.17, 15) is 4.79 Å². The van der Waals surface area contributed by atoms with Crippen LogP contribution in [0, 0.1) is 11.8 Å². The predicted molar refractivity (Wildman–Crippen MR) is 42.7 cm³/mol. The fourth-order valence-corrected chi connectivity index (χ4v) is 0.703. The van der Waals surface area contributed by atoms with Crippen molar-refractivity contribution in [2.75, 3.05) is 6.54 Å². The lowest BCUT2D eigenvalue weighted by atomic mass is 9.95. The molecule has 1 N–H and O–H groups in total. The van der Waals surface area contributed by atoms with Gasteiger partial charge < -0.3 is 5.32 Å². The lowest BCUT2D eigenvalue weighted by Gasteiger charge is -2.13. The van der Waals surface area contributed by atoms with Crippen LogP contribution in [0.3, 0.4) is 0 Å². The average Bonchev–Trinajstić information content (AvgIpc) is 1.88. The maximum atomic E-state index is 9.85. The van der Waals surface area contributed by atoms with Gasteiger partial charge >= 0.3 is 0 Å². The molecule has 1 unspecified atom stereocenters. The van der Waals surface area contributed by atoms with Gasteiger partial charge in [0, 0.05) is 6.54 Å². The topological polar surface area (TPSA) is 29.1 Å². The number of rotatable bonds is 5. The molecular formula is C8H17NO. The molecule has 0 rings (SSSR count). The normalized spacial score (nSPS) is 13.2. The molecular weight excluding hydrogens is 126 g/mol. The monoisotopic (exact) mass is 143 g/mol. The molecule has 0 aliphatic rings. The van der Waals surface area contributed by atoms with E-state index in [1.165, 1.54) is 0 Å². The van der Waals surface area contributed by atoms with Gasteiger partial charge in [0.15, 0.2) is 0 Å². The van der Waals surface area contributed by atoms with Crippen LogP contribution in [0.5, 0.6) is 0 Å². The second kappa shape index (κ2) is 5.27. The smallest absolute Gasteiger partial charge is 0.207 e. The van der Waals surface area contributed by atoms with E-state index in [0.717, 1.165) is 19.4 Å². The lowest BCUT2D eigenvalue weighted by Crippen LogP contribution is -2.17. The minimum Gasteiger partial charge on any atom is -0.359 e. The molecule has 0 saturated heterocycles. The predicted octanol–water partition coefficient (Wildman–Crippen LogP) is 1.41. The van der Waals surface area contributed by atoms with E-state index in [1.807, 2.05) is 0 Å². The van der Waals surface area contributed by atoms with E-state index in [4.69, 9.17) is 0 Å². The third-order valence-electron chi connectivity index (χ3n) is 1.97. The second-order valence-electron chi connectivity index (χ2n) is 3.08. The molecule has 1 atom stereocenters. The molecule has 1 amide bonds. The number of hydrogen-bond donors (Lipinski definition) is 1. The maximum Gasteiger partial charge on any atom is 0.207 e. The van der Waals surface area contributed by atoms with E-state index in [0.29, 0.717) is 11.8 Å². The van der Waals surface area contributed by atoms with Crippen LogP contribution in [-0.2, 0) is 4.79 Å². The van der Waals surface area contributed by atoms with Crippen LogP contribution in [0.1, 0.15) is 27.2 Å². The van der Waals surface area contributed by atoms with Gasteiger partial charge in [0.2, 0.25) is 6.41 Å². The summed E-state index contributed by atoms with van der Waals surface area (Å²) < 4.78 is 0. The zero-order chi connectivity index (χ0) is 7.98. The van der Waals surface area contributed by atoms with Crippen LogP contribution in [0.25, 0.3) is 0 Å². The van der Waals surface area contributed by atoms with Gasteiger partial charge in [-0.2, -0.15) is 0 Å².